The van der Waals surface area contributed by atoms with Crippen molar-refractivity contribution in [3.63, 3.8) is 0 Å². The second-order valence-electron chi connectivity index (χ2n) is 4.54. The Morgan fingerprint density at radius 2 is 2.00 bits per heavy atom. The predicted octanol–water partition coefficient (Wildman–Crippen LogP) is 4.04. The number of thioether (sulfide) groups is 1. The average molecular weight is 318 g/mol. The van der Waals surface area contributed by atoms with Gasteiger partial charge in [0.15, 0.2) is 15.8 Å². The third-order valence-corrected chi connectivity index (χ3v) is 5.08. The molecule has 0 spiro atoms. The molecular weight excluding hydrogens is 304 g/mol. The Bertz CT molecular complexity index is 786. The lowest BCUT2D eigenvalue weighted by Crippen LogP contribution is -1.98. The maximum atomic E-state index is 9.48. The number of hydrogen-bond acceptors (Lipinski definition) is 6. The first kappa shape index (κ1) is 14.0. The molecule has 0 saturated carbocycles. The topological polar surface area (TPSA) is 65.4 Å². The number of anilines is 1. The summed E-state index contributed by atoms with van der Waals surface area (Å²) in [7, 11) is 0. The number of nitrogens with zero attached hydrogens (tertiary/aromatic N) is 1. The quantitative estimate of drug-likeness (QED) is 0.500. The molecule has 0 saturated heterocycles. The van der Waals surface area contributed by atoms with E-state index in [0.29, 0.717) is 6.54 Å². The Hall–Kier alpha value is -1.92. The summed E-state index contributed by atoms with van der Waals surface area (Å²) in [5.41, 5.74) is 2.92. The lowest BCUT2D eigenvalue weighted by Gasteiger charge is -2.07. The van der Waals surface area contributed by atoms with Crippen molar-refractivity contribution in [2.75, 3.05) is 11.6 Å². The van der Waals surface area contributed by atoms with Crippen LogP contribution in [0.1, 0.15) is 5.56 Å². The van der Waals surface area contributed by atoms with E-state index in [-0.39, 0.29) is 11.5 Å². The van der Waals surface area contributed by atoms with E-state index in [0.717, 1.165) is 25.8 Å². The van der Waals surface area contributed by atoms with Gasteiger partial charge in [0.2, 0.25) is 0 Å². The van der Waals surface area contributed by atoms with E-state index in [9.17, 15) is 10.2 Å². The second kappa shape index (κ2) is 5.83. The van der Waals surface area contributed by atoms with Gasteiger partial charge in [0.1, 0.15) is 0 Å². The summed E-state index contributed by atoms with van der Waals surface area (Å²) in [4.78, 5) is 4.50. The van der Waals surface area contributed by atoms with Crippen molar-refractivity contribution in [2.45, 2.75) is 10.9 Å². The maximum absolute atomic E-state index is 9.48. The zero-order valence-corrected chi connectivity index (χ0v) is 13.0. The second-order valence-corrected chi connectivity index (χ2v) is 6.63. The number of phenols is 2. The highest BCUT2D eigenvalue weighted by Crippen LogP contribution is 2.30. The molecular formula is C15H14N2O2S2. The Morgan fingerprint density at radius 3 is 2.76 bits per heavy atom. The van der Waals surface area contributed by atoms with Crippen molar-refractivity contribution in [3.8, 4) is 11.5 Å². The SMILES string of the molecule is CSc1nc2ccc(NCc3ccc(O)c(O)c3)cc2s1. The number of rotatable bonds is 4. The highest BCUT2D eigenvalue weighted by molar-refractivity contribution is 8.00. The van der Waals surface area contributed by atoms with Gasteiger partial charge in [0, 0.05) is 12.2 Å². The molecule has 0 bridgehead atoms. The van der Waals surface area contributed by atoms with E-state index in [2.05, 4.69) is 16.4 Å². The van der Waals surface area contributed by atoms with Crippen molar-refractivity contribution in [1.29, 1.82) is 0 Å². The lowest BCUT2D eigenvalue weighted by atomic mass is 10.2. The van der Waals surface area contributed by atoms with E-state index in [1.165, 1.54) is 6.07 Å². The largest absolute Gasteiger partial charge is 0.504 e. The molecule has 0 amide bonds. The van der Waals surface area contributed by atoms with E-state index in [1.807, 2.05) is 18.4 Å². The molecule has 2 aromatic carbocycles. The van der Waals surface area contributed by atoms with Crippen molar-refractivity contribution in [2.24, 2.45) is 0 Å². The Morgan fingerprint density at radius 1 is 1.14 bits per heavy atom. The molecule has 0 aliphatic heterocycles. The van der Waals surface area contributed by atoms with Crippen LogP contribution in [0.4, 0.5) is 5.69 Å². The van der Waals surface area contributed by atoms with Crippen molar-refractivity contribution >= 4 is 39.0 Å². The first-order valence-corrected chi connectivity index (χ1v) is 8.39. The first-order valence-electron chi connectivity index (χ1n) is 6.35. The molecule has 0 aliphatic rings. The van der Waals surface area contributed by atoms with Crippen LogP contribution in [-0.4, -0.2) is 21.5 Å². The van der Waals surface area contributed by atoms with Gasteiger partial charge in [0.05, 0.1) is 10.2 Å². The molecule has 1 heterocycles. The van der Waals surface area contributed by atoms with Gasteiger partial charge >= 0.3 is 0 Å². The van der Waals surface area contributed by atoms with E-state index in [1.54, 1.807) is 35.2 Å². The number of aromatic nitrogens is 1. The summed E-state index contributed by atoms with van der Waals surface area (Å²) in [5.74, 6) is -0.203. The van der Waals surface area contributed by atoms with Crippen LogP contribution in [0.25, 0.3) is 10.2 Å². The number of nitrogens with one attached hydrogen (secondary N) is 1. The number of fused-ring (bicyclic) bond motifs is 1. The average Bonchev–Trinajstić information content (AvgIpc) is 2.90. The molecule has 4 nitrogen and oxygen atoms in total. The fourth-order valence-electron chi connectivity index (χ4n) is 1.98. The summed E-state index contributed by atoms with van der Waals surface area (Å²) < 4.78 is 2.21. The van der Waals surface area contributed by atoms with Crippen LogP contribution >= 0.6 is 23.1 Å². The lowest BCUT2D eigenvalue weighted by molar-refractivity contribution is 0.403. The van der Waals surface area contributed by atoms with E-state index >= 15 is 0 Å². The molecule has 0 aliphatic carbocycles. The zero-order chi connectivity index (χ0) is 14.8. The number of phenolic OH excluding ortho intramolecular Hbond substituents is 2. The van der Waals surface area contributed by atoms with E-state index < -0.39 is 0 Å². The third-order valence-electron chi connectivity index (χ3n) is 3.08. The Labute approximate surface area is 130 Å². The van der Waals surface area contributed by atoms with Gasteiger partial charge in [-0.25, -0.2) is 4.98 Å². The third kappa shape index (κ3) is 3.06. The molecule has 1 aromatic heterocycles. The van der Waals surface area contributed by atoms with Crippen molar-refractivity contribution in [3.05, 3.63) is 42.0 Å². The first-order chi connectivity index (χ1) is 10.2. The summed E-state index contributed by atoms with van der Waals surface area (Å²) >= 11 is 3.33. The molecule has 108 valence electrons. The number of hydrogen-bond donors (Lipinski definition) is 3. The van der Waals surface area contributed by atoms with Gasteiger partial charge in [-0.1, -0.05) is 17.8 Å². The number of thiazole rings is 1. The zero-order valence-electron chi connectivity index (χ0n) is 11.3. The van der Waals surface area contributed by atoms with Crippen LogP contribution < -0.4 is 5.32 Å². The summed E-state index contributed by atoms with van der Waals surface area (Å²) in [6.45, 7) is 0.577. The van der Waals surface area contributed by atoms with Crippen LogP contribution in [0.15, 0.2) is 40.7 Å². The minimum Gasteiger partial charge on any atom is -0.504 e. The molecule has 3 N–H and O–H groups in total. The molecule has 0 unspecified atom stereocenters. The molecule has 21 heavy (non-hydrogen) atoms. The minimum atomic E-state index is -0.102. The fraction of sp³-hybridized carbons (Fsp3) is 0.133. The predicted molar refractivity (Wildman–Crippen MR) is 88.5 cm³/mol. The van der Waals surface area contributed by atoms with E-state index in [4.69, 9.17) is 0 Å². The molecule has 6 heteroatoms. The van der Waals surface area contributed by atoms with Gasteiger partial charge in [-0.3, -0.25) is 0 Å². The highest BCUT2D eigenvalue weighted by Gasteiger charge is 2.04. The number of aromatic hydroxyl groups is 2. The monoisotopic (exact) mass is 318 g/mol. The fourth-order valence-corrected chi connectivity index (χ4v) is 3.51. The van der Waals surface area contributed by atoms with Crippen LogP contribution in [0.5, 0.6) is 11.5 Å². The smallest absolute Gasteiger partial charge is 0.157 e. The van der Waals surface area contributed by atoms with Gasteiger partial charge in [-0.2, -0.15) is 0 Å². The maximum Gasteiger partial charge on any atom is 0.157 e. The van der Waals surface area contributed by atoms with Gasteiger partial charge in [-0.15, -0.1) is 11.3 Å². The van der Waals surface area contributed by atoms with Crippen LogP contribution in [-0.2, 0) is 6.54 Å². The van der Waals surface area contributed by atoms with Gasteiger partial charge < -0.3 is 15.5 Å². The molecule has 0 fully saturated rings. The summed E-state index contributed by atoms with van der Waals surface area (Å²) in [6.07, 6.45) is 2.02. The summed E-state index contributed by atoms with van der Waals surface area (Å²) in [5, 5.41) is 22.1. The summed E-state index contributed by atoms with van der Waals surface area (Å²) in [6, 6.07) is 10.9. The van der Waals surface area contributed by atoms with Gasteiger partial charge in [-0.05, 0) is 42.2 Å². The normalized spacial score (nSPS) is 10.9. The molecule has 3 rings (SSSR count). The molecule has 3 aromatic rings. The highest BCUT2D eigenvalue weighted by atomic mass is 32.2. The number of benzene rings is 2. The van der Waals surface area contributed by atoms with Gasteiger partial charge in [0.25, 0.3) is 0 Å². The molecule has 0 radical (unpaired) electrons. The van der Waals surface area contributed by atoms with Crippen molar-refractivity contribution < 1.29 is 10.2 Å². The minimum absolute atomic E-state index is 0.100. The molecule has 0 atom stereocenters. The van der Waals surface area contributed by atoms with Crippen LogP contribution in [0.2, 0.25) is 0 Å². The van der Waals surface area contributed by atoms with Crippen LogP contribution in [0.3, 0.4) is 0 Å². The Balaban J connectivity index is 1.76. The standard InChI is InChI=1S/C15H14N2O2S2/c1-20-15-17-11-4-3-10(7-14(11)21-15)16-8-9-2-5-12(18)13(19)6-9/h2-7,16,18-19H,8H2,1H3. The Kier molecular flexibility index (Phi) is 3.90. The van der Waals surface area contributed by atoms with Crippen LogP contribution in [0, 0.1) is 0 Å². The van der Waals surface area contributed by atoms with Crippen molar-refractivity contribution in [1.82, 2.24) is 4.98 Å².